The number of aromatic amines is 1. The van der Waals surface area contributed by atoms with E-state index < -0.39 is 0 Å². The minimum atomic E-state index is -0.333. The summed E-state index contributed by atoms with van der Waals surface area (Å²) < 4.78 is 18.0. The molecular weight excluding hydrogens is 286 g/mol. The standard InChI is InChI=1S/C16H22FN2OP/c1-3-9-19(11-8-17)10-7-13-12(2)18-14-5-4-6-15(20-21)16(13)14/h3-6,18H,1,7-11,21H2,2H3. The van der Waals surface area contributed by atoms with Crippen LogP contribution < -0.4 is 4.52 Å². The fourth-order valence-corrected chi connectivity index (χ4v) is 2.89. The van der Waals surface area contributed by atoms with Crippen molar-refractivity contribution in [2.45, 2.75) is 13.3 Å². The van der Waals surface area contributed by atoms with Gasteiger partial charge in [-0.25, -0.2) is 4.39 Å². The summed E-state index contributed by atoms with van der Waals surface area (Å²) in [5.41, 5.74) is 3.44. The molecule has 1 aromatic carbocycles. The maximum atomic E-state index is 12.6. The lowest BCUT2D eigenvalue weighted by Gasteiger charge is -2.19. The monoisotopic (exact) mass is 308 g/mol. The highest BCUT2D eigenvalue weighted by molar-refractivity contribution is 7.10. The van der Waals surface area contributed by atoms with Crippen LogP contribution in [0.4, 0.5) is 4.39 Å². The second-order valence-corrected chi connectivity index (χ2v) is 5.29. The molecule has 0 aliphatic heterocycles. The molecule has 1 heterocycles. The zero-order valence-corrected chi connectivity index (χ0v) is 13.5. The number of H-pyrrole nitrogens is 1. The molecule has 0 aliphatic carbocycles. The van der Waals surface area contributed by atoms with E-state index in [9.17, 15) is 4.39 Å². The van der Waals surface area contributed by atoms with Crippen LogP contribution in [-0.2, 0) is 6.42 Å². The summed E-state index contributed by atoms with van der Waals surface area (Å²) >= 11 is 0. The van der Waals surface area contributed by atoms with Crippen molar-refractivity contribution in [3.63, 3.8) is 0 Å². The molecule has 3 nitrogen and oxygen atoms in total. The van der Waals surface area contributed by atoms with Crippen LogP contribution in [-0.4, -0.2) is 36.2 Å². The summed E-state index contributed by atoms with van der Waals surface area (Å²) in [5, 5.41) is 1.11. The number of aryl methyl sites for hydroxylation is 1. The number of nitrogens with one attached hydrogen (secondary N) is 1. The van der Waals surface area contributed by atoms with E-state index in [2.05, 4.69) is 32.9 Å². The van der Waals surface area contributed by atoms with Gasteiger partial charge in [-0.2, -0.15) is 0 Å². The molecule has 1 aromatic heterocycles. The van der Waals surface area contributed by atoms with E-state index in [-0.39, 0.29) is 6.67 Å². The topological polar surface area (TPSA) is 28.3 Å². The number of benzene rings is 1. The van der Waals surface area contributed by atoms with Crippen molar-refractivity contribution in [3.8, 4) is 5.75 Å². The van der Waals surface area contributed by atoms with Crippen LogP contribution in [0.3, 0.4) is 0 Å². The number of hydrogen-bond acceptors (Lipinski definition) is 2. The Bertz CT molecular complexity index is 612. The van der Waals surface area contributed by atoms with Gasteiger partial charge in [0.2, 0.25) is 0 Å². The van der Waals surface area contributed by atoms with Crippen molar-refractivity contribution >= 4 is 20.4 Å². The third-order valence-electron chi connectivity index (χ3n) is 3.70. The first-order chi connectivity index (χ1) is 10.2. The van der Waals surface area contributed by atoms with E-state index in [0.717, 1.165) is 35.3 Å². The van der Waals surface area contributed by atoms with Gasteiger partial charge in [0, 0.05) is 36.2 Å². The van der Waals surface area contributed by atoms with Crippen molar-refractivity contribution in [1.29, 1.82) is 0 Å². The highest BCUT2D eigenvalue weighted by atomic mass is 31.0. The zero-order valence-electron chi connectivity index (χ0n) is 12.4. The Kier molecular flexibility index (Phi) is 5.77. The molecule has 114 valence electrons. The summed E-state index contributed by atoms with van der Waals surface area (Å²) in [5.74, 6) is 0.845. The van der Waals surface area contributed by atoms with Gasteiger partial charge in [0.05, 0.1) is 9.47 Å². The maximum Gasteiger partial charge on any atom is 0.132 e. The normalized spacial score (nSPS) is 11.2. The van der Waals surface area contributed by atoms with Gasteiger partial charge in [-0.1, -0.05) is 12.1 Å². The minimum Gasteiger partial charge on any atom is -0.480 e. The van der Waals surface area contributed by atoms with Gasteiger partial charge in [0.15, 0.2) is 0 Å². The van der Waals surface area contributed by atoms with Gasteiger partial charge in [0.25, 0.3) is 0 Å². The summed E-state index contributed by atoms with van der Waals surface area (Å²) in [7, 11) is 2.30. The van der Waals surface area contributed by atoms with Gasteiger partial charge in [-0.15, -0.1) is 6.58 Å². The average molecular weight is 308 g/mol. The average Bonchev–Trinajstić information content (AvgIpc) is 2.80. The van der Waals surface area contributed by atoms with Crippen molar-refractivity contribution < 1.29 is 8.91 Å². The summed E-state index contributed by atoms with van der Waals surface area (Å²) in [6, 6.07) is 5.96. The quantitative estimate of drug-likeness (QED) is 0.595. The molecule has 0 amide bonds. The van der Waals surface area contributed by atoms with E-state index >= 15 is 0 Å². The van der Waals surface area contributed by atoms with Crippen LogP contribution in [0.1, 0.15) is 11.3 Å². The van der Waals surface area contributed by atoms with Crippen molar-refractivity contribution in [1.82, 2.24) is 9.88 Å². The number of alkyl halides is 1. The summed E-state index contributed by atoms with van der Waals surface area (Å²) in [6.45, 7) is 7.41. The van der Waals surface area contributed by atoms with E-state index in [4.69, 9.17) is 4.52 Å². The first-order valence-electron chi connectivity index (χ1n) is 7.07. The molecule has 0 radical (unpaired) electrons. The number of rotatable bonds is 8. The second-order valence-electron chi connectivity index (χ2n) is 5.05. The smallest absolute Gasteiger partial charge is 0.132 e. The van der Waals surface area contributed by atoms with Crippen molar-refractivity contribution in [2.24, 2.45) is 0 Å². The van der Waals surface area contributed by atoms with E-state index in [1.807, 2.05) is 24.3 Å². The number of halogens is 1. The third-order valence-corrected chi connectivity index (χ3v) is 3.95. The van der Waals surface area contributed by atoms with Gasteiger partial charge in [0.1, 0.15) is 12.4 Å². The fraction of sp³-hybridized carbons (Fsp3) is 0.375. The van der Waals surface area contributed by atoms with Gasteiger partial charge >= 0.3 is 0 Å². The van der Waals surface area contributed by atoms with Gasteiger partial charge in [-0.05, 0) is 31.0 Å². The van der Waals surface area contributed by atoms with Crippen LogP contribution >= 0.6 is 9.47 Å². The van der Waals surface area contributed by atoms with Crippen LogP contribution in [0.15, 0.2) is 30.9 Å². The predicted octanol–water partition coefficient (Wildman–Crippen LogP) is 3.65. The first-order valence-corrected chi connectivity index (χ1v) is 7.54. The molecule has 1 atom stereocenters. The molecule has 2 aromatic rings. The number of hydrogen-bond donors (Lipinski definition) is 1. The molecule has 5 heteroatoms. The van der Waals surface area contributed by atoms with E-state index in [0.29, 0.717) is 13.1 Å². The molecular formula is C16H22FN2OP. The summed E-state index contributed by atoms with van der Waals surface area (Å²) in [6.07, 6.45) is 2.67. The molecule has 2 rings (SSSR count). The molecule has 0 saturated carbocycles. The number of aromatic nitrogens is 1. The second kappa shape index (κ2) is 7.58. The maximum absolute atomic E-state index is 12.6. The number of nitrogens with zero attached hydrogens (tertiary/aromatic N) is 1. The van der Waals surface area contributed by atoms with E-state index in [1.165, 1.54) is 5.56 Å². The van der Waals surface area contributed by atoms with Crippen LogP contribution in [0.25, 0.3) is 10.9 Å². The molecule has 1 N–H and O–H groups in total. The third kappa shape index (κ3) is 3.63. The molecule has 0 aliphatic rings. The summed E-state index contributed by atoms with van der Waals surface area (Å²) in [4.78, 5) is 5.45. The van der Waals surface area contributed by atoms with Crippen LogP contribution in [0.5, 0.6) is 5.75 Å². The molecule has 0 bridgehead atoms. The van der Waals surface area contributed by atoms with Crippen molar-refractivity contribution in [2.75, 3.05) is 26.3 Å². The molecule has 0 fully saturated rings. The highest BCUT2D eigenvalue weighted by Gasteiger charge is 2.14. The lowest BCUT2D eigenvalue weighted by atomic mass is 10.1. The van der Waals surface area contributed by atoms with E-state index in [1.54, 1.807) is 0 Å². The van der Waals surface area contributed by atoms with Crippen LogP contribution in [0.2, 0.25) is 0 Å². The fourth-order valence-electron chi connectivity index (χ4n) is 2.69. The lowest BCUT2D eigenvalue weighted by Crippen LogP contribution is -2.28. The van der Waals surface area contributed by atoms with Crippen LogP contribution in [0, 0.1) is 6.92 Å². The van der Waals surface area contributed by atoms with Gasteiger partial charge in [-0.3, -0.25) is 4.90 Å². The van der Waals surface area contributed by atoms with Gasteiger partial charge < -0.3 is 9.51 Å². The Labute approximate surface area is 127 Å². The number of fused-ring (bicyclic) bond motifs is 1. The Morgan fingerprint density at radius 2 is 2.24 bits per heavy atom. The SMILES string of the molecule is C=CCN(CCF)CCc1c(C)[nH]c2cccc(OP)c12. The Balaban J connectivity index is 2.25. The molecule has 0 saturated heterocycles. The predicted molar refractivity (Wildman–Crippen MR) is 89.7 cm³/mol. The molecule has 21 heavy (non-hydrogen) atoms. The largest absolute Gasteiger partial charge is 0.480 e. The van der Waals surface area contributed by atoms with Crippen molar-refractivity contribution in [3.05, 3.63) is 42.1 Å². The highest BCUT2D eigenvalue weighted by Crippen LogP contribution is 2.32. The first kappa shape index (κ1) is 16.0. The molecule has 1 unspecified atom stereocenters. The lowest BCUT2D eigenvalue weighted by molar-refractivity contribution is 0.273. The molecule has 0 spiro atoms. The Hall–Kier alpha value is -1.38. The minimum absolute atomic E-state index is 0.333. The Morgan fingerprint density at radius 3 is 2.90 bits per heavy atom. The zero-order chi connectivity index (χ0) is 15.2. The Morgan fingerprint density at radius 1 is 1.43 bits per heavy atom.